The second-order valence-corrected chi connectivity index (χ2v) is 9.08. The first-order chi connectivity index (χ1) is 15.9. The molecule has 0 radical (unpaired) electrons. The highest BCUT2D eigenvalue weighted by Crippen LogP contribution is 2.28. The monoisotopic (exact) mass is 445 g/mol. The number of rotatable bonds is 8. The van der Waals surface area contributed by atoms with Crippen LogP contribution in [0.1, 0.15) is 58.4 Å². The van der Waals surface area contributed by atoms with Crippen LogP contribution in [0.15, 0.2) is 59.7 Å². The van der Waals surface area contributed by atoms with Crippen molar-refractivity contribution < 1.29 is 4.79 Å². The zero-order valence-electron chi connectivity index (χ0n) is 19.7. The number of imidazole rings is 1. The highest BCUT2D eigenvalue weighted by Gasteiger charge is 2.25. The van der Waals surface area contributed by atoms with Crippen LogP contribution in [0, 0.1) is 5.92 Å². The molecule has 2 aromatic heterocycles. The van der Waals surface area contributed by atoms with E-state index in [9.17, 15) is 9.59 Å². The summed E-state index contributed by atoms with van der Waals surface area (Å²) in [4.78, 5) is 34.7. The van der Waals surface area contributed by atoms with E-state index in [4.69, 9.17) is 4.98 Å². The van der Waals surface area contributed by atoms with Crippen LogP contribution in [-0.4, -0.2) is 25.0 Å². The predicted octanol–water partition coefficient (Wildman–Crippen LogP) is 4.62. The van der Waals surface area contributed by atoms with E-state index in [1.807, 2.05) is 36.4 Å². The number of carbonyl (C=O) groups is 1. The molecule has 0 saturated heterocycles. The Balaban J connectivity index is 1.47. The molecule has 7 heteroatoms. The van der Waals surface area contributed by atoms with Crippen LogP contribution in [0.3, 0.4) is 0 Å². The Morgan fingerprint density at radius 1 is 1.00 bits per heavy atom. The number of fused-ring (bicyclic) bond motifs is 2. The van der Waals surface area contributed by atoms with Crippen LogP contribution in [0.25, 0.3) is 21.9 Å². The molecule has 0 aliphatic carbocycles. The summed E-state index contributed by atoms with van der Waals surface area (Å²) in [5.74, 6) is 1.01. The Morgan fingerprint density at radius 2 is 1.70 bits per heavy atom. The third kappa shape index (κ3) is 4.67. The molecule has 0 bridgehead atoms. The van der Waals surface area contributed by atoms with Crippen molar-refractivity contribution >= 4 is 27.8 Å². The predicted molar refractivity (Wildman–Crippen MR) is 131 cm³/mol. The van der Waals surface area contributed by atoms with Gasteiger partial charge in [0.1, 0.15) is 5.82 Å². The zero-order valence-corrected chi connectivity index (χ0v) is 19.7. The molecule has 4 aromatic rings. The van der Waals surface area contributed by atoms with Crippen LogP contribution in [-0.2, 0) is 11.3 Å². The van der Waals surface area contributed by atoms with Gasteiger partial charge in [0.05, 0.1) is 34.3 Å². The van der Waals surface area contributed by atoms with E-state index in [1.54, 1.807) is 17.0 Å². The standard InChI is InChI=1S/C26H31N5O2/c1-17(2)24(25-28-21-12-7-8-13-22(21)31(25)18(3)4)29-23(32)14-9-15-30-16-27-20-11-6-5-10-19(20)26(30)33/h5-8,10-13,16-18,24H,9,14-15H2,1-4H3,(H,29,32)/t24-/m0/s1. The molecule has 0 aliphatic rings. The minimum atomic E-state index is -0.197. The van der Waals surface area contributed by atoms with Crippen LogP contribution in [0.4, 0.5) is 0 Å². The average molecular weight is 446 g/mol. The zero-order chi connectivity index (χ0) is 23.5. The minimum absolute atomic E-state index is 0.0436. The largest absolute Gasteiger partial charge is 0.346 e. The fourth-order valence-electron chi connectivity index (χ4n) is 4.28. The van der Waals surface area contributed by atoms with Gasteiger partial charge >= 0.3 is 0 Å². The molecule has 172 valence electrons. The molecule has 4 rings (SSSR count). The average Bonchev–Trinajstić information content (AvgIpc) is 3.18. The van der Waals surface area contributed by atoms with Crippen LogP contribution >= 0.6 is 0 Å². The highest BCUT2D eigenvalue weighted by molar-refractivity contribution is 5.78. The maximum atomic E-state index is 12.9. The molecule has 2 heterocycles. The number of aryl methyl sites for hydroxylation is 1. The van der Waals surface area contributed by atoms with Crippen molar-refractivity contribution in [3.8, 4) is 0 Å². The molecule has 7 nitrogen and oxygen atoms in total. The van der Waals surface area contributed by atoms with Gasteiger partial charge < -0.3 is 9.88 Å². The lowest BCUT2D eigenvalue weighted by Crippen LogP contribution is -2.34. The van der Waals surface area contributed by atoms with Crippen molar-refractivity contribution in [1.29, 1.82) is 0 Å². The second kappa shape index (κ2) is 9.57. The molecule has 1 atom stereocenters. The van der Waals surface area contributed by atoms with Crippen LogP contribution in [0.5, 0.6) is 0 Å². The third-order valence-corrected chi connectivity index (χ3v) is 5.94. The van der Waals surface area contributed by atoms with E-state index in [1.165, 1.54) is 0 Å². The Labute approximate surface area is 193 Å². The van der Waals surface area contributed by atoms with Crippen molar-refractivity contribution in [1.82, 2.24) is 24.4 Å². The number of aromatic nitrogens is 4. The van der Waals surface area contributed by atoms with Gasteiger partial charge in [-0.15, -0.1) is 0 Å². The van der Waals surface area contributed by atoms with Crippen molar-refractivity contribution in [2.24, 2.45) is 5.92 Å². The summed E-state index contributed by atoms with van der Waals surface area (Å²) in [5.41, 5.74) is 2.62. The minimum Gasteiger partial charge on any atom is -0.346 e. The molecule has 1 amide bonds. The first kappa shape index (κ1) is 22.7. The number of amides is 1. The second-order valence-electron chi connectivity index (χ2n) is 9.08. The topological polar surface area (TPSA) is 81.8 Å². The van der Waals surface area contributed by atoms with Gasteiger partial charge in [-0.2, -0.15) is 0 Å². The number of benzene rings is 2. The Bertz CT molecular complexity index is 1340. The Kier molecular flexibility index (Phi) is 6.58. The maximum Gasteiger partial charge on any atom is 0.261 e. The van der Waals surface area contributed by atoms with E-state index >= 15 is 0 Å². The first-order valence-corrected chi connectivity index (χ1v) is 11.6. The van der Waals surface area contributed by atoms with Gasteiger partial charge in [0.25, 0.3) is 5.56 Å². The molecule has 0 aliphatic heterocycles. The normalized spacial score (nSPS) is 12.7. The Hall–Kier alpha value is -3.48. The summed E-state index contributed by atoms with van der Waals surface area (Å²) in [6.07, 6.45) is 2.44. The summed E-state index contributed by atoms with van der Waals surface area (Å²) in [7, 11) is 0. The van der Waals surface area contributed by atoms with Gasteiger partial charge in [-0.05, 0) is 50.5 Å². The van der Waals surface area contributed by atoms with Gasteiger partial charge in [0.2, 0.25) is 5.91 Å². The van der Waals surface area contributed by atoms with E-state index in [0.717, 1.165) is 16.9 Å². The molecular formula is C26H31N5O2. The molecule has 0 fully saturated rings. The summed E-state index contributed by atoms with van der Waals surface area (Å²) in [6, 6.07) is 15.4. The lowest BCUT2D eigenvalue weighted by atomic mass is 10.0. The quantitative estimate of drug-likeness (QED) is 0.429. The van der Waals surface area contributed by atoms with Gasteiger partial charge in [-0.25, -0.2) is 9.97 Å². The van der Waals surface area contributed by atoms with Gasteiger partial charge in [-0.1, -0.05) is 38.1 Å². The number of carbonyl (C=O) groups excluding carboxylic acids is 1. The third-order valence-electron chi connectivity index (χ3n) is 5.94. The maximum absolute atomic E-state index is 12.9. The highest BCUT2D eigenvalue weighted by atomic mass is 16.1. The number of nitrogens with zero attached hydrogens (tertiary/aromatic N) is 4. The van der Waals surface area contributed by atoms with Crippen LogP contribution in [0.2, 0.25) is 0 Å². The number of nitrogens with one attached hydrogen (secondary N) is 1. The molecule has 33 heavy (non-hydrogen) atoms. The number of hydrogen-bond acceptors (Lipinski definition) is 4. The van der Waals surface area contributed by atoms with Gasteiger partial charge in [-0.3, -0.25) is 14.2 Å². The van der Waals surface area contributed by atoms with Crippen molar-refractivity contribution in [2.45, 2.75) is 59.2 Å². The lowest BCUT2D eigenvalue weighted by Gasteiger charge is -2.25. The molecule has 0 spiro atoms. The van der Waals surface area contributed by atoms with E-state index in [0.29, 0.717) is 30.3 Å². The van der Waals surface area contributed by atoms with Crippen LogP contribution < -0.4 is 10.9 Å². The Morgan fingerprint density at radius 3 is 2.42 bits per heavy atom. The van der Waals surface area contributed by atoms with E-state index < -0.39 is 0 Å². The number of hydrogen-bond donors (Lipinski definition) is 1. The first-order valence-electron chi connectivity index (χ1n) is 11.6. The SMILES string of the molecule is CC(C)[C@H](NC(=O)CCCn1cnc2ccccc2c1=O)c1nc2ccccc2n1C(C)C. The summed E-state index contributed by atoms with van der Waals surface area (Å²) in [6.45, 7) is 8.89. The van der Waals surface area contributed by atoms with Crippen molar-refractivity contribution in [3.05, 3.63) is 71.0 Å². The molecule has 0 unspecified atom stereocenters. The molecule has 0 saturated carbocycles. The number of para-hydroxylation sites is 3. The molecule has 2 aromatic carbocycles. The fourth-order valence-corrected chi connectivity index (χ4v) is 4.28. The summed E-state index contributed by atoms with van der Waals surface area (Å²) < 4.78 is 3.79. The lowest BCUT2D eigenvalue weighted by molar-refractivity contribution is -0.122. The summed E-state index contributed by atoms with van der Waals surface area (Å²) >= 11 is 0. The van der Waals surface area contributed by atoms with E-state index in [-0.39, 0.29) is 29.5 Å². The van der Waals surface area contributed by atoms with E-state index in [2.05, 4.69) is 48.6 Å². The smallest absolute Gasteiger partial charge is 0.261 e. The molecule has 1 N–H and O–H groups in total. The van der Waals surface area contributed by atoms with Gasteiger partial charge in [0, 0.05) is 19.0 Å². The fraction of sp³-hybridized carbons (Fsp3) is 0.385. The summed E-state index contributed by atoms with van der Waals surface area (Å²) in [5, 5.41) is 3.79. The van der Waals surface area contributed by atoms with Crippen molar-refractivity contribution in [3.63, 3.8) is 0 Å². The van der Waals surface area contributed by atoms with Gasteiger partial charge in [0.15, 0.2) is 0 Å². The van der Waals surface area contributed by atoms with Crippen molar-refractivity contribution in [2.75, 3.05) is 0 Å². The molecular weight excluding hydrogens is 414 g/mol.